The van der Waals surface area contributed by atoms with E-state index in [1.54, 1.807) is 20.4 Å². The van der Waals surface area contributed by atoms with Crippen molar-refractivity contribution in [3.63, 3.8) is 0 Å². The second-order valence-corrected chi connectivity index (χ2v) is 7.07. The lowest BCUT2D eigenvalue weighted by atomic mass is 10.1. The Bertz CT molecular complexity index is 495. The van der Waals surface area contributed by atoms with Gasteiger partial charge in [0.15, 0.2) is 0 Å². The van der Waals surface area contributed by atoms with Crippen LogP contribution in [0.4, 0.5) is 0 Å². The van der Waals surface area contributed by atoms with Crippen molar-refractivity contribution in [1.29, 1.82) is 0 Å². The molecule has 0 unspecified atom stereocenters. The van der Waals surface area contributed by atoms with E-state index in [1.165, 1.54) is 4.31 Å². The highest BCUT2D eigenvalue weighted by Gasteiger charge is 2.20. The molecule has 1 aliphatic rings. The number of fused-ring (bicyclic) bond motifs is 1. The molecule has 0 aliphatic carbocycles. The molecule has 18 heavy (non-hydrogen) atoms. The van der Waals surface area contributed by atoms with Crippen molar-refractivity contribution in [2.24, 2.45) is 0 Å². The quantitative estimate of drug-likeness (QED) is 0.772. The number of sulfonamides is 1. The van der Waals surface area contributed by atoms with E-state index in [0.717, 1.165) is 37.3 Å². The Hall–Kier alpha value is -0.920. The predicted molar refractivity (Wildman–Crippen MR) is 67.6 cm³/mol. The summed E-state index contributed by atoms with van der Waals surface area (Å²) in [5, 5.41) is 3.93. The molecule has 2 rings (SSSR count). The number of aromatic nitrogens is 1. The fraction of sp³-hybridized carbons (Fsp3) is 0.727. The summed E-state index contributed by atoms with van der Waals surface area (Å²) in [7, 11) is 0.0653. The SMILES string of the molecule is CN(C)S(=O)(=O)CCCN1CCc2nocc2C1. The summed E-state index contributed by atoms with van der Waals surface area (Å²) in [6.45, 7) is 2.51. The second-order valence-electron chi connectivity index (χ2n) is 4.76. The van der Waals surface area contributed by atoms with E-state index in [1.807, 2.05) is 0 Å². The van der Waals surface area contributed by atoms with Crippen molar-refractivity contribution < 1.29 is 12.9 Å². The molecule has 2 heterocycles. The summed E-state index contributed by atoms with van der Waals surface area (Å²) in [6.07, 6.45) is 3.21. The van der Waals surface area contributed by atoms with Gasteiger partial charge in [0, 0.05) is 39.2 Å². The zero-order valence-corrected chi connectivity index (χ0v) is 11.6. The molecule has 0 N–H and O–H groups in total. The Morgan fingerprint density at radius 2 is 2.28 bits per heavy atom. The smallest absolute Gasteiger partial charge is 0.213 e. The summed E-state index contributed by atoms with van der Waals surface area (Å²) in [4.78, 5) is 2.24. The molecule has 0 fully saturated rings. The molecule has 0 aromatic carbocycles. The van der Waals surface area contributed by atoms with Gasteiger partial charge in [-0.05, 0) is 13.0 Å². The summed E-state index contributed by atoms with van der Waals surface area (Å²) in [6, 6.07) is 0. The van der Waals surface area contributed by atoms with E-state index < -0.39 is 10.0 Å². The average molecular weight is 273 g/mol. The number of hydrogen-bond donors (Lipinski definition) is 0. The van der Waals surface area contributed by atoms with Crippen molar-refractivity contribution >= 4 is 10.0 Å². The van der Waals surface area contributed by atoms with Gasteiger partial charge in [-0.15, -0.1) is 0 Å². The maximum atomic E-state index is 11.6. The molecule has 0 saturated carbocycles. The summed E-state index contributed by atoms with van der Waals surface area (Å²) in [5.74, 6) is 0.201. The minimum absolute atomic E-state index is 0.201. The van der Waals surface area contributed by atoms with Crippen LogP contribution in [0.2, 0.25) is 0 Å². The highest BCUT2D eigenvalue weighted by Crippen LogP contribution is 2.17. The zero-order chi connectivity index (χ0) is 13.2. The van der Waals surface area contributed by atoms with Crippen LogP contribution >= 0.6 is 0 Å². The van der Waals surface area contributed by atoms with Crippen molar-refractivity contribution in [1.82, 2.24) is 14.4 Å². The fourth-order valence-corrected chi connectivity index (χ4v) is 2.90. The topological polar surface area (TPSA) is 66.7 Å². The van der Waals surface area contributed by atoms with Gasteiger partial charge in [0.25, 0.3) is 0 Å². The molecule has 0 bridgehead atoms. The molecule has 0 amide bonds. The maximum Gasteiger partial charge on any atom is 0.213 e. The van der Waals surface area contributed by atoms with E-state index >= 15 is 0 Å². The van der Waals surface area contributed by atoms with E-state index in [0.29, 0.717) is 6.42 Å². The average Bonchev–Trinajstić information content (AvgIpc) is 2.75. The molecular weight excluding hydrogens is 254 g/mol. The van der Waals surface area contributed by atoms with Crippen LogP contribution in [0, 0.1) is 0 Å². The summed E-state index contributed by atoms with van der Waals surface area (Å²) >= 11 is 0. The van der Waals surface area contributed by atoms with Crippen LogP contribution in [0.3, 0.4) is 0 Å². The Morgan fingerprint density at radius 3 is 3.00 bits per heavy atom. The molecule has 0 atom stereocenters. The van der Waals surface area contributed by atoms with Crippen molar-refractivity contribution in [3.8, 4) is 0 Å². The first-order chi connectivity index (χ1) is 8.49. The van der Waals surface area contributed by atoms with Gasteiger partial charge in [-0.2, -0.15) is 0 Å². The zero-order valence-electron chi connectivity index (χ0n) is 10.8. The van der Waals surface area contributed by atoms with E-state index in [9.17, 15) is 8.42 Å². The van der Waals surface area contributed by atoms with Gasteiger partial charge in [-0.3, -0.25) is 4.90 Å². The Morgan fingerprint density at radius 1 is 1.50 bits per heavy atom. The predicted octanol–water partition coefficient (Wildman–Crippen LogP) is 0.314. The summed E-state index contributed by atoms with van der Waals surface area (Å²) in [5.41, 5.74) is 2.16. The summed E-state index contributed by atoms with van der Waals surface area (Å²) < 4.78 is 29.4. The van der Waals surface area contributed by atoms with E-state index in [-0.39, 0.29) is 5.75 Å². The van der Waals surface area contributed by atoms with E-state index in [2.05, 4.69) is 10.1 Å². The van der Waals surface area contributed by atoms with Gasteiger partial charge < -0.3 is 4.52 Å². The molecule has 0 saturated heterocycles. The second kappa shape index (κ2) is 5.38. The van der Waals surface area contributed by atoms with Crippen LogP contribution in [-0.2, 0) is 23.0 Å². The molecular formula is C11H19N3O3S. The molecule has 1 aromatic heterocycles. The fourth-order valence-electron chi connectivity index (χ4n) is 2.04. The lowest BCUT2D eigenvalue weighted by molar-refractivity contribution is 0.254. The first kappa shape index (κ1) is 13.5. The molecule has 102 valence electrons. The third-order valence-corrected chi connectivity index (χ3v) is 5.14. The van der Waals surface area contributed by atoms with Crippen molar-refractivity contribution in [2.45, 2.75) is 19.4 Å². The molecule has 0 spiro atoms. The lowest BCUT2D eigenvalue weighted by Crippen LogP contribution is -2.33. The minimum atomic E-state index is -3.07. The van der Waals surface area contributed by atoms with Crippen LogP contribution in [0.25, 0.3) is 0 Å². The maximum absolute atomic E-state index is 11.6. The van der Waals surface area contributed by atoms with Gasteiger partial charge in [-0.1, -0.05) is 5.16 Å². The van der Waals surface area contributed by atoms with Crippen LogP contribution in [0.1, 0.15) is 17.7 Å². The normalized spacial score (nSPS) is 17.1. The Kier molecular flexibility index (Phi) is 4.04. The van der Waals surface area contributed by atoms with Crippen LogP contribution in [-0.4, -0.2) is 55.7 Å². The van der Waals surface area contributed by atoms with Gasteiger partial charge in [0.05, 0.1) is 11.4 Å². The number of hydrogen-bond acceptors (Lipinski definition) is 5. The van der Waals surface area contributed by atoms with Gasteiger partial charge in [0.1, 0.15) is 6.26 Å². The largest absolute Gasteiger partial charge is 0.364 e. The van der Waals surface area contributed by atoms with Gasteiger partial charge in [-0.25, -0.2) is 12.7 Å². The first-order valence-corrected chi connectivity index (χ1v) is 7.64. The van der Waals surface area contributed by atoms with Crippen molar-refractivity contribution in [2.75, 3.05) is 32.9 Å². The van der Waals surface area contributed by atoms with Crippen LogP contribution in [0.15, 0.2) is 10.8 Å². The minimum Gasteiger partial charge on any atom is -0.364 e. The molecule has 7 heteroatoms. The van der Waals surface area contributed by atoms with Crippen molar-refractivity contribution in [3.05, 3.63) is 17.5 Å². The number of nitrogens with zero attached hydrogens (tertiary/aromatic N) is 3. The number of rotatable bonds is 5. The molecule has 6 nitrogen and oxygen atoms in total. The van der Waals surface area contributed by atoms with Crippen LogP contribution in [0.5, 0.6) is 0 Å². The highest BCUT2D eigenvalue weighted by atomic mass is 32.2. The van der Waals surface area contributed by atoms with Gasteiger partial charge in [0.2, 0.25) is 10.0 Å². The highest BCUT2D eigenvalue weighted by molar-refractivity contribution is 7.89. The van der Waals surface area contributed by atoms with Gasteiger partial charge >= 0.3 is 0 Å². The standard InChI is InChI=1S/C11H19N3O3S/c1-13(2)18(15,16)7-3-5-14-6-4-11-10(8-14)9-17-12-11/h9H,3-8H2,1-2H3. The van der Waals surface area contributed by atoms with E-state index in [4.69, 9.17) is 4.52 Å². The lowest BCUT2D eigenvalue weighted by Gasteiger charge is -2.25. The molecule has 1 aromatic rings. The monoisotopic (exact) mass is 273 g/mol. The Labute approximate surface area is 108 Å². The molecule has 1 aliphatic heterocycles. The third kappa shape index (κ3) is 3.09. The third-order valence-electron chi connectivity index (χ3n) is 3.22. The first-order valence-electron chi connectivity index (χ1n) is 6.04. The molecule has 0 radical (unpaired) electrons. The Balaban J connectivity index is 1.80. The van der Waals surface area contributed by atoms with Crippen LogP contribution < -0.4 is 0 Å².